The minimum atomic E-state index is -0.999. The first-order chi connectivity index (χ1) is 8.70. The summed E-state index contributed by atoms with van der Waals surface area (Å²) >= 11 is 1.48. The Morgan fingerprint density at radius 3 is 3.00 bits per heavy atom. The van der Waals surface area contributed by atoms with Crippen molar-refractivity contribution in [1.82, 2.24) is 15.2 Å². The van der Waals surface area contributed by atoms with Crippen LogP contribution >= 0.6 is 11.8 Å². The number of aromatic nitrogens is 3. The maximum atomic E-state index is 10.9. The van der Waals surface area contributed by atoms with Crippen LogP contribution < -0.4 is 4.74 Å². The van der Waals surface area contributed by atoms with Crippen molar-refractivity contribution in [2.75, 3.05) is 7.11 Å². The molecule has 1 heterocycles. The van der Waals surface area contributed by atoms with Crippen LogP contribution in [0.1, 0.15) is 15.9 Å². The fraction of sp³-hybridized carbons (Fsp3) is 0.182. The van der Waals surface area contributed by atoms with Crippen LogP contribution in [-0.4, -0.2) is 33.4 Å². The van der Waals surface area contributed by atoms with E-state index in [4.69, 9.17) is 9.84 Å². The molecule has 94 valence electrons. The van der Waals surface area contributed by atoms with E-state index in [0.29, 0.717) is 11.5 Å². The molecular formula is C11H11N3O3S. The molecule has 0 amide bonds. The highest BCUT2D eigenvalue weighted by Crippen LogP contribution is 2.24. The van der Waals surface area contributed by atoms with Crippen LogP contribution in [-0.2, 0) is 5.75 Å². The van der Waals surface area contributed by atoms with Crippen LogP contribution in [0.25, 0.3) is 0 Å². The quantitative estimate of drug-likeness (QED) is 0.801. The Morgan fingerprint density at radius 1 is 1.56 bits per heavy atom. The predicted octanol–water partition coefficient (Wildman–Crippen LogP) is 1.80. The van der Waals surface area contributed by atoms with Crippen molar-refractivity contribution in [1.29, 1.82) is 0 Å². The number of ether oxygens (including phenoxy) is 1. The molecule has 0 aliphatic rings. The molecular weight excluding hydrogens is 254 g/mol. The summed E-state index contributed by atoms with van der Waals surface area (Å²) in [7, 11) is 1.45. The number of H-pyrrole nitrogens is 1. The van der Waals surface area contributed by atoms with Gasteiger partial charge in [-0.2, -0.15) is 5.10 Å². The molecule has 0 aliphatic heterocycles. The van der Waals surface area contributed by atoms with E-state index in [-0.39, 0.29) is 5.56 Å². The smallest absolute Gasteiger partial charge is 0.339 e. The monoisotopic (exact) mass is 265 g/mol. The van der Waals surface area contributed by atoms with E-state index in [1.54, 1.807) is 12.1 Å². The molecule has 1 aromatic heterocycles. The van der Waals surface area contributed by atoms with Gasteiger partial charge in [-0.15, -0.1) is 0 Å². The molecule has 0 radical (unpaired) electrons. The van der Waals surface area contributed by atoms with Crippen molar-refractivity contribution in [3.8, 4) is 5.75 Å². The van der Waals surface area contributed by atoms with Crippen molar-refractivity contribution in [3.05, 3.63) is 35.7 Å². The number of nitrogens with zero attached hydrogens (tertiary/aromatic N) is 2. The van der Waals surface area contributed by atoms with E-state index in [1.165, 1.54) is 31.3 Å². The summed E-state index contributed by atoms with van der Waals surface area (Å²) in [6, 6.07) is 5.01. The summed E-state index contributed by atoms with van der Waals surface area (Å²) in [6.07, 6.45) is 1.44. The third kappa shape index (κ3) is 2.80. The Bertz CT molecular complexity index is 542. The number of methoxy groups -OCH3 is 1. The number of thioether (sulfide) groups is 1. The van der Waals surface area contributed by atoms with Crippen molar-refractivity contribution in [2.24, 2.45) is 0 Å². The number of benzene rings is 1. The number of aromatic amines is 1. The molecule has 2 N–H and O–H groups in total. The zero-order valence-corrected chi connectivity index (χ0v) is 10.4. The van der Waals surface area contributed by atoms with Crippen molar-refractivity contribution in [2.45, 2.75) is 10.9 Å². The normalized spacial score (nSPS) is 10.3. The number of rotatable bonds is 5. The highest BCUT2D eigenvalue weighted by Gasteiger charge is 2.11. The maximum Gasteiger partial charge on any atom is 0.339 e. The van der Waals surface area contributed by atoms with Gasteiger partial charge in [0.15, 0.2) is 5.16 Å². The lowest BCUT2D eigenvalue weighted by Gasteiger charge is -2.07. The van der Waals surface area contributed by atoms with E-state index in [0.717, 1.165) is 10.7 Å². The molecule has 0 bridgehead atoms. The van der Waals surface area contributed by atoms with Gasteiger partial charge in [-0.1, -0.05) is 17.8 Å². The SMILES string of the molecule is COc1cc(CSc2ncn[nH]2)ccc1C(=O)O. The summed E-state index contributed by atoms with van der Waals surface area (Å²) in [5.74, 6) is 0.0188. The van der Waals surface area contributed by atoms with Gasteiger partial charge < -0.3 is 9.84 Å². The zero-order valence-electron chi connectivity index (χ0n) is 9.58. The molecule has 0 aliphatic carbocycles. The average molecular weight is 265 g/mol. The molecule has 2 aromatic rings. The number of hydrogen-bond acceptors (Lipinski definition) is 5. The molecule has 18 heavy (non-hydrogen) atoms. The van der Waals surface area contributed by atoms with Crippen LogP contribution in [0.3, 0.4) is 0 Å². The van der Waals surface area contributed by atoms with Crippen molar-refractivity contribution < 1.29 is 14.6 Å². The fourth-order valence-corrected chi connectivity index (χ4v) is 2.14. The van der Waals surface area contributed by atoms with Gasteiger partial charge in [0.25, 0.3) is 0 Å². The summed E-state index contributed by atoms with van der Waals surface area (Å²) in [5.41, 5.74) is 1.11. The van der Waals surface area contributed by atoms with Gasteiger partial charge in [0.05, 0.1) is 7.11 Å². The molecule has 0 saturated heterocycles. The second-order valence-electron chi connectivity index (χ2n) is 3.42. The molecule has 0 spiro atoms. The largest absolute Gasteiger partial charge is 0.496 e. The van der Waals surface area contributed by atoms with Gasteiger partial charge >= 0.3 is 5.97 Å². The fourth-order valence-electron chi connectivity index (χ4n) is 1.42. The van der Waals surface area contributed by atoms with Gasteiger partial charge in [-0.05, 0) is 17.7 Å². The predicted molar refractivity (Wildman–Crippen MR) is 65.9 cm³/mol. The second kappa shape index (κ2) is 5.54. The van der Waals surface area contributed by atoms with E-state index >= 15 is 0 Å². The first kappa shape index (κ1) is 12.4. The van der Waals surface area contributed by atoms with Crippen LogP contribution in [0, 0.1) is 0 Å². The molecule has 0 atom stereocenters. The van der Waals surface area contributed by atoms with E-state index in [2.05, 4.69) is 15.2 Å². The van der Waals surface area contributed by atoms with E-state index in [1.807, 2.05) is 0 Å². The lowest BCUT2D eigenvalue weighted by molar-refractivity contribution is 0.0693. The van der Waals surface area contributed by atoms with Crippen molar-refractivity contribution >= 4 is 17.7 Å². The molecule has 0 saturated carbocycles. The first-order valence-corrected chi connectivity index (χ1v) is 6.07. The molecule has 1 aromatic carbocycles. The highest BCUT2D eigenvalue weighted by atomic mass is 32.2. The number of hydrogen-bond donors (Lipinski definition) is 2. The topological polar surface area (TPSA) is 88.1 Å². The number of aromatic carboxylic acids is 1. The Balaban J connectivity index is 2.12. The van der Waals surface area contributed by atoms with Gasteiger partial charge in [-0.3, -0.25) is 5.10 Å². The molecule has 0 fully saturated rings. The van der Waals surface area contributed by atoms with Gasteiger partial charge in [0, 0.05) is 5.75 Å². The molecule has 2 rings (SSSR count). The number of nitrogens with one attached hydrogen (secondary N) is 1. The Kier molecular flexibility index (Phi) is 3.83. The third-order valence-corrected chi connectivity index (χ3v) is 3.21. The van der Waals surface area contributed by atoms with Crippen LogP contribution in [0.4, 0.5) is 0 Å². The summed E-state index contributed by atoms with van der Waals surface area (Å²) in [6.45, 7) is 0. The zero-order chi connectivity index (χ0) is 13.0. The average Bonchev–Trinajstić information content (AvgIpc) is 2.88. The highest BCUT2D eigenvalue weighted by molar-refractivity contribution is 7.98. The van der Waals surface area contributed by atoms with Crippen molar-refractivity contribution in [3.63, 3.8) is 0 Å². The first-order valence-electron chi connectivity index (χ1n) is 5.09. The van der Waals surface area contributed by atoms with Gasteiger partial charge in [-0.25, -0.2) is 9.78 Å². The number of carboxylic acid groups (broad SMARTS) is 1. The third-order valence-electron chi connectivity index (χ3n) is 2.26. The molecule has 0 unspecified atom stereocenters. The van der Waals surface area contributed by atoms with E-state index in [9.17, 15) is 4.79 Å². The maximum absolute atomic E-state index is 10.9. The summed E-state index contributed by atoms with van der Waals surface area (Å²) in [5, 5.41) is 16.2. The minimum absolute atomic E-state index is 0.158. The summed E-state index contributed by atoms with van der Waals surface area (Å²) < 4.78 is 5.06. The minimum Gasteiger partial charge on any atom is -0.496 e. The molecule has 6 nitrogen and oxygen atoms in total. The van der Waals surface area contributed by atoms with Crippen LogP contribution in [0.15, 0.2) is 29.7 Å². The van der Waals surface area contributed by atoms with Crippen LogP contribution in [0.5, 0.6) is 5.75 Å². The Labute approximate surface area is 107 Å². The molecule has 7 heteroatoms. The van der Waals surface area contributed by atoms with Gasteiger partial charge in [0.1, 0.15) is 17.6 Å². The number of carbonyl (C=O) groups is 1. The van der Waals surface area contributed by atoms with Crippen LogP contribution in [0.2, 0.25) is 0 Å². The van der Waals surface area contributed by atoms with Gasteiger partial charge in [0.2, 0.25) is 0 Å². The standard InChI is InChI=1S/C11H11N3O3S/c1-17-9-4-7(2-3-8(9)10(15)16)5-18-11-12-6-13-14-11/h2-4,6H,5H2,1H3,(H,15,16)(H,12,13,14). The summed E-state index contributed by atoms with van der Waals surface area (Å²) in [4.78, 5) is 14.9. The Morgan fingerprint density at radius 2 is 2.39 bits per heavy atom. The number of carboxylic acids is 1. The lowest BCUT2D eigenvalue weighted by Crippen LogP contribution is -2.00. The second-order valence-corrected chi connectivity index (χ2v) is 4.38. The Hall–Kier alpha value is -2.02. The van der Waals surface area contributed by atoms with E-state index < -0.39 is 5.97 Å². The lowest BCUT2D eigenvalue weighted by atomic mass is 10.1.